The molecule has 0 unspecified atom stereocenters. The van der Waals surface area contributed by atoms with Crippen LogP contribution in [0, 0.1) is 13.8 Å². The highest BCUT2D eigenvalue weighted by Gasteiger charge is 2.24. The van der Waals surface area contributed by atoms with Gasteiger partial charge in [0.15, 0.2) is 0 Å². The van der Waals surface area contributed by atoms with Crippen molar-refractivity contribution in [1.82, 2.24) is 0 Å². The van der Waals surface area contributed by atoms with Crippen LogP contribution in [0.1, 0.15) is 56.8 Å². The molecule has 0 aromatic heterocycles. The Morgan fingerprint density at radius 3 is 2.21 bits per heavy atom. The highest BCUT2D eigenvalue weighted by molar-refractivity contribution is 5.93. The van der Waals surface area contributed by atoms with Gasteiger partial charge in [0.25, 0.3) is 0 Å². The molecular formula is C25H24O4. The molecule has 148 valence electrons. The van der Waals surface area contributed by atoms with Gasteiger partial charge >= 0.3 is 5.97 Å². The molecule has 0 heterocycles. The Kier molecular flexibility index (Phi) is 5.55. The Hall–Kier alpha value is -3.40. The molecule has 4 nitrogen and oxygen atoms in total. The van der Waals surface area contributed by atoms with Crippen molar-refractivity contribution < 1.29 is 19.4 Å². The lowest BCUT2D eigenvalue weighted by Crippen LogP contribution is -2.19. The van der Waals surface area contributed by atoms with Gasteiger partial charge in [-0.2, -0.15) is 0 Å². The molecule has 0 saturated carbocycles. The molecule has 0 aliphatic carbocycles. The van der Waals surface area contributed by atoms with E-state index in [1.165, 1.54) is 6.07 Å². The van der Waals surface area contributed by atoms with Gasteiger partial charge in [0.1, 0.15) is 17.8 Å². The first-order valence-corrected chi connectivity index (χ1v) is 9.41. The molecule has 0 atom stereocenters. The van der Waals surface area contributed by atoms with E-state index in [1.54, 1.807) is 30.3 Å². The smallest absolute Gasteiger partial charge is 0.343 e. The minimum absolute atomic E-state index is 0.279. The first kappa shape index (κ1) is 20.3. The topological polar surface area (TPSA) is 63.6 Å². The van der Waals surface area contributed by atoms with Crippen LogP contribution < -0.4 is 4.74 Å². The number of ether oxygens (including phenoxy) is 1. The lowest BCUT2D eigenvalue weighted by molar-refractivity contribution is 0.0733. The SMILES string of the molecule is Cc1cc(C(C)(C)c2ccc(OC(=O)c3cccc(C=O)c3)c(C)c2)ccc1O. The fourth-order valence-electron chi connectivity index (χ4n) is 3.26. The van der Waals surface area contributed by atoms with Crippen molar-refractivity contribution in [3.8, 4) is 11.5 Å². The Bertz CT molecular complexity index is 1080. The second-order valence-electron chi connectivity index (χ2n) is 7.74. The van der Waals surface area contributed by atoms with Crippen molar-refractivity contribution in [1.29, 1.82) is 0 Å². The Balaban J connectivity index is 1.86. The summed E-state index contributed by atoms with van der Waals surface area (Å²) in [6, 6.07) is 17.8. The highest BCUT2D eigenvalue weighted by atomic mass is 16.5. The number of phenolic OH excluding ortho intramolecular Hbond substituents is 1. The third-order valence-corrected chi connectivity index (χ3v) is 5.28. The molecule has 0 aliphatic rings. The van der Waals surface area contributed by atoms with Crippen LogP contribution in [0.5, 0.6) is 11.5 Å². The molecule has 4 heteroatoms. The van der Waals surface area contributed by atoms with Crippen molar-refractivity contribution in [3.05, 3.63) is 94.0 Å². The predicted octanol–water partition coefficient (Wildman–Crippen LogP) is 5.37. The van der Waals surface area contributed by atoms with Crippen molar-refractivity contribution in [3.63, 3.8) is 0 Å². The van der Waals surface area contributed by atoms with Crippen LogP contribution in [0.4, 0.5) is 0 Å². The minimum atomic E-state index is -0.502. The van der Waals surface area contributed by atoms with Crippen LogP contribution in [-0.2, 0) is 5.41 Å². The maximum Gasteiger partial charge on any atom is 0.343 e. The molecule has 3 rings (SSSR count). The summed E-state index contributed by atoms with van der Waals surface area (Å²) >= 11 is 0. The largest absolute Gasteiger partial charge is 0.508 e. The summed E-state index contributed by atoms with van der Waals surface area (Å²) in [6.45, 7) is 8.00. The highest BCUT2D eigenvalue weighted by Crippen LogP contribution is 2.35. The molecule has 0 bridgehead atoms. The number of esters is 1. The Morgan fingerprint density at radius 2 is 1.59 bits per heavy atom. The van der Waals surface area contributed by atoms with Gasteiger partial charge in [-0.3, -0.25) is 4.79 Å². The number of rotatable bonds is 5. The van der Waals surface area contributed by atoms with Crippen molar-refractivity contribution in [2.75, 3.05) is 0 Å². The zero-order valence-corrected chi connectivity index (χ0v) is 17.0. The summed E-state index contributed by atoms with van der Waals surface area (Å²) in [6.07, 6.45) is 0.698. The zero-order valence-electron chi connectivity index (χ0n) is 17.0. The van der Waals surface area contributed by atoms with E-state index in [-0.39, 0.29) is 11.2 Å². The van der Waals surface area contributed by atoms with Crippen LogP contribution in [0.2, 0.25) is 0 Å². The third kappa shape index (κ3) is 4.21. The molecule has 0 amide bonds. The fraction of sp³-hybridized carbons (Fsp3) is 0.200. The molecule has 0 fully saturated rings. The summed E-state index contributed by atoms with van der Waals surface area (Å²) in [4.78, 5) is 23.4. The van der Waals surface area contributed by atoms with E-state index in [0.29, 0.717) is 23.2 Å². The molecule has 3 aromatic carbocycles. The molecule has 3 aromatic rings. The van der Waals surface area contributed by atoms with Crippen LogP contribution in [0.3, 0.4) is 0 Å². The van der Waals surface area contributed by atoms with Crippen molar-refractivity contribution >= 4 is 12.3 Å². The molecule has 29 heavy (non-hydrogen) atoms. The Morgan fingerprint density at radius 1 is 0.931 bits per heavy atom. The monoisotopic (exact) mass is 388 g/mol. The summed E-state index contributed by atoms with van der Waals surface area (Å²) in [5, 5.41) is 9.80. The van der Waals surface area contributed by atoms with Crippen LogP contribution in [0.15, 0.2) is 60.7 Å². The van der Waals surface area contributed by atoms with Gasteiger partial charge in [-0.15, -0.1) is 0 Å². The van der Waals surface area contributed by atoms with Crippen molar-refractivity contribution in [2.45, 2.75) is 33.1 Å². The maximum absolute atomic E-state index is 12.4. The van der Waals surface area contributed by atoms with E-state index in [1.807, 2.05) is 38.1 Å². The second-order valence-corrected chi connectivity index (χ2v) is 7.74. The number of aromatic hydroxyl groups is 1. The standard InChI is InChI=1S/C25H24O4/c1-16-12-20(8-10-22(16)27)25(3,4)21-9-11-23(17(2)13-21)29-24(28)19-7-5-6-18(14-19)15-26/h5-15,27H,1-4H3. The number of aryl methyl sites for hydroxylation is 2. The van der Waals surface area contributed by atoms with Gasteiger partial charge < -0.3 is 9.84 Å². The number of hydrogen-bond acceptors (Lipinski definition) is 4. The quantitative estimate of drug-likeness (QED) is 0.363. The zero-order chi connectivity index (χ0) is 21.2. The van der Waals surface area contributed by atoms with Gasteiger partial charge in [0, 0.05) is 11.0 Å². The second kappa shape index (κ2) is 7.92. The lowest BCUT2D eigenvalue weighted by Gasteiger charge is -2.27. The van der Waals surface area contributed by atoms with Gasteiger partial charge in [-0.05, 0) is 60.4 Å². The van der Waals surface area contributed by atoms with Crippen LogP contribution in [0.25, 0.3) is 0 Å². The maximum atomic E-state index is 12.4. The number of phenols is 1. The van der Waals surface area contributed by atoms with Crippen LogP contribution >= 0.6 is 0 Å². The molecule has 0 radical (unpaired) electrons. The first-order valence-electron chi connectivity index (χ1n) is 9.41. The summed E-state index contributed by atoms with van der Waals surface area (Å²) in [5.41, 5.74) is 4.30. The predicted molar refractivity (Wildman–Crippen MR) is 113 cm³/mol. The Labute approximate surface area is 170 Å². The molecule has 0 aliphatic heterocycles. The van der Waals surface area contributed by atoms with Crippen molar-refractivity contribution in [2.24, 2.45) is 0 Å². The van der Waals surface area contributed by atoms with E-state index in [9.17, 15) is 14.7 Å². The van der Waals surface area contributed by atoms with E-state index in [0.717, 1.165) is 22.3 Å². The molecule has 0 spiro atoms. The van der Waals surface area contributed by atoms with Gasteiger partial charge in [-0.25, -0.2) is 4.79 Å². The van der Waals surface area contributed by atoms with Gasteiger partial charge in [-0.1, -0.05) is 50.2 Å². The number of aldehydes is 1. The van der Waals surface area contributed by atoms with E-state index >= 15 is 0 Å². The minimum Gasteiger partial charge on any atom is -0.508 e. The average Bonchev–Trinajstić information content (AvgIpc) is 2.71. The van der Waals surface area contributed by atoms with E-state index < -0.39 is 5.97 Å². The van der Waals surface area contributed by atoms with E-state index in [4.69, 9.17) is 4.74 Å². The lowest BCUT2D eigenvalue weighted by atomic mass is 9.77. The van der Waals surface area contributed by atoms with Gasteiger partial charge in [0.05, 0.1) is 5.56 Å². The average molecular weight is 388 g/mol. The summed E-state index contributed by atoms with van der Waals surface area (Å²) < 4.78 is 5.55. The van der Waals surface area contributed by atoms with Crippen LogP contribution in [-0.4, -0.2) is 17.4 Å². The molecular weight excluding hydrogens is 364 g/mol. The normalized spacial score (nSPS) is 11.2. The molecule has 1 N–H and O–H groups in total. The third-order valence-electron chi connectivity index (χ3n) is 5.28. The summed E-state index contributed by atoms with van der Waals surface area (Å²) in [7, 11) is 0. The first-order chi connectivity index (χ1) is 13.7. The number of carbonyl (C=O) groups excluding carboxylic acids is 2. The molecule has 0 saturated heterocycles. The van der Waals surface area contributed by atoms with Gasteiger partial charge in [0.2, 0.25) is 0 Å². The number of benzene rings is 3. The number of carbonyl (C=O) groups is 2. The number of hydrogen-bond donors (Lipinski definition) is 1. The summed E-state index contributed by atoms with van der Waals surface area (Å²) in [5.74, 6) is 0.257. The van der Waals surface area contributed by atoms with E-state index in [2.05, 4.69) is 13.8 Å². The fourth-order valence-corrected chi connectivity index (χ4v) is 3.26.